The lowest BCUT2D eigenvalue weighted by Gasteiger charge is -2.18. The molecule has 0 aliphatic heterocycles. The van der Waals surface area contributed by atoms with Gasteiger partial charge >= 0.3 is 11.9 Å². The lowest BCUT2D eigenvalue weighted by atomic mass is 10.1. The summed E-state index contributed by atoms with van der Waals surface area (Å²) in [5, 5.41) is 0. The molecule has 0 radical (unpaired) electrons. The van der Waals surface area contributed by atoms with Crippen LogP contribution in [0, 0.1) is 0 Å². The van der Waals surface area contributed by atoms with Gasteiger partial charge < -0.3 is 14.2 Å². The zero-order chi connectivity index (χ0) is 46.3. The molecule has 0 aliphatic rings. The predicted octanol–water partition coefficient (Wildman–Crippen LogP) is 18.9. The van der Waals surface area contributed by atoms with Crippen molar-refractivity contribution in [1.82, 2.24) is 0 Å². The normalized spacial score (nSPS) is 12.6. The summed E-state index contributed by atoms with van der Waals surface area (Å²) < 4.78 is 17.4. The first-order valence-electron chi connectivity index (χ1n) is 27.8. The number of esters is 2. The van der Waals surface area contributed by atoms with Crippen LogP contribution in [0.15, 0.2) is 60.8 Å². The maximum absolute atomic E-state index is 12.8. The Balaban J connectivity index is 4.30. The van der Waals surface area contributed by atoms with E-state index in [1.54, 1.807) is 0 Å². The van der Waals surface area contributed by atoms with Gasteiger partial charge in [-0.3, -0.25) is 9.59 Å². The summed E-state index contributed by atoms with van der Waals surface area (Å²) in [4.78, 5) is 25.5. The van der Waals surface area contributed by atoms with Crippen LogP contribution in [-0.4, -0.2) is 37.9 Å². The standard InChI is InChI=1S/C59H106O5/c1-4-7-10-13-16-19-22-25-28-30-32-34-37-40-43-46-49-52-58(60)63-56-57(55-62-54-51-48-45-42-39-36-33-29-26-23-20-17-14-11-8-5-2)64-59(61)53-50-47-44-41-38-35-31-27-24-21-18-15-12-9-6-3/h16-17,19-20,25-29,31,57H,4-15,18,21-24,30,32-56H2,1-3H3/b19-16-,20-17-,28-25-,29-26-,31-27-. The molecule has 0 rings (SSSR count). The maximum atomic E-state index is 12.8. The SMILES string of the molecule is CCCCC/C=C\C/C=C\CCCCCCCCCC(=O)OCC(COCCCCCCCC/C=C\C/C=C\CCCCC)OC(=O)CCCCCCC/C=C\CCCCCCCC. The van der Waals surface area contributed by atoms with Crippen LogP contribution < -0.4 is 0 Å². The third kappa shape index (κ3) is 52.2. The Labute approximate surface area is 398 Å². The second-order valence-corrected chi connectivity index (χ2v) is 18.5. The maximum Gasteiger partial charge on any atom is 0.306 e. The topological polar surface area (TPSA) is 61.8 Å². The number of ether oxygens (including phenoxy) is 3. The Bertz CT molecular complexity index is 1100. The Morgan fingerprint density at radius 2 is 0.656 bits per heavy atom. The summed E-state index contributed by atoms with van der Waals surface area (Å²) in [6.07, 6.45) is 69.4. The number of carbonyl (C=O) groups is 2. The average Bonchev–Trinajstić information content (AvgIpc) is 3.30. The first-order valence-corrected chi connectivity index (χ1v) is 27.8. The van der Waals surface area contributed by atoms with Crippen LogP contribution in [0.5, 0.6) is 0 Å². The van der Waals surface area contributed by atoms with Crippen molar-refractivity contribution in [3.8, 4) is 0 Å². The first kappa shape index (κ1) is 61.6. The van der Waals surface area contributed by atoms with E-state index in [1.165, 1.54) is 173 Å². The van der Waals surface area contributed by atoms with Crippen molar-refractivity contribution in [2.45, 2.75) is 284 Å². The lowest BCUT2D eigenvalue weighted by Crippen LogP contribution is -2.30. The van der Waals surface area contributed by atoms with Gasteiger partial charge in [-0.2, -0.15) is 0 Å². The summed E-state index contributed by atoms with van der Waals surface area (Å²) in [6, 6.07) is 0. The zero-order valence-electron chi connectivity index (χ0n) is 42.8. The predicted molar refractivity (Wildman–Crippen MR) is 279 cm³/mol. The zero-order valence-corrected chi connectivity index (χ0v) is 42.8. The van der Waals surface area contributed by atoms with Crippen molar-refractivity contribution in [1.29, 1.82) is 0 Å². The smallest absolute Gasteiger partial charge is 0.306 e. The molecule has 0 aliphatic carbocycles. The Morgan fingerprint density at radius 3 is 1.08 bits per heavy atom. The minimum absolute atomic E-state index is 0.0737. The summed E-state index contributed by atoms with van der Waals surface area (Å²) in [5.41, 5.74) is 0. The molecule has 5 nitrogen and oxygen atoms in total. The van der Waals surface area contributed by atoms with E-state index >= 15 is 0 Å². The van der Waals surface area contributed by atoms with Crippen LogP contribution in [0.3, 0.4) is 0 Å². The van der Waals surface area contributed by atoms with Crippen LogP contribution in [0.25, 0.3) is 0 Å². The van der Waals surface area contributed by atoms with Gasteiger partial charge in [0.2, 0.25) is 0 Å². The molecule has 372 valence electrons. The van der Waals surface area contributed by atoms with E-state index in [0.29, 0.717) is 19.4 Å². The largest absolute Gasteiger partial charge is 0.462 e. The van der Waals surface area contributed by atoms with Crippen molar-refractivity contribution in [3.05, 3.63) is 60.8 Å². The Kier molecular flexibility index (Phi) is 52.9. The highest BCUT2D eigenvalue weighted by molar-refractivity contribution is 5.70. The first-order chi connectivity index (χ1) is 31.6. The molecule has 0 aromatic heterocycles. The molecule has 0 aromatic carbocycles. The van der Waals surface area contributed by atoms with Crippen molar-refractivity contribution in [3.63, 3.8) is 0 Å². The highest BCUT2D eigenvalue weighted by Crippen LogP contribution is 2.14. The monoisotopic (exact) mass is 895 g/mol. The van der Waals surface area contributed by atoms with Gasteiger partial charge in [-0.05, 0) is 109 Å². The summed E-state index contributed by atoms with van der Waals surface area (Å²) in [7, 11) is 0. The molecule has 0 bridgehead atoms. The van der Waals surface area contributed by atoms with Crippen LogP contribution in [0.2, 0.25) is 0 Å². The van der Waals surface area contributed by atoms with E-state index in [0.717, 1.165) is 70.6 Å². The van der Waals surface area contributed by atoms with Crippen molar-refractivity contribution >= 4 is 11.9 Å². The second kappa shape index (κ2) is 54.9. The van der Waals surface area contributed by atoms with E-state index in [2.05, 4.69) is 81.5 Å². The quantitative estimate of drug-likeness (QED) is 0.0346. The Hall–Kier alpha value is -2.40. The van der Waals surface area contributed by atoms with E-state index < -0.39 is 6.10 Å². The number of allylic oxidation sites excluding steroid dienone is 10. The molecule has 0 aromatic rings. The van der Waals surface area contributed by atoms with Gasteiger partial charge in [0.05, 0.1) is 6.61 Å². The number of unbranched alkanes of at least 4 members (excludes halogenated alkanes) is 30. The van der Waals surface area contributed by atoms with Crippen LogP contribution >= 0.6 is 0 Å². The molecule has 0 saturated carbocycles. The van der Waals surface area contributed by atoms with Crippen LogP contribution in [0.1, 0.15) is 278 Å². The Morgan fingerprint density at radius 1 is 0.344 bits per heavy atom. The van der Waals surface area contributed by atoms with E-state index in [4.69, 9.17) is 14.2 Å². The average molecular weight is 895 g/mol. The van der Waals surface area contributed by atoms with Gasteiger partial charge in [-0.1, -0.05) is 216 Å². The van der Waals surface area contributed by atoms with Crippen molar-refractivity contribution < 1.29 is 23.8 Å². The summed E-state index contributed by atoms with van der Waals surface area (Å²) >= 11 is 0. The fourth-order valence-electron chi connectivity index (χ4n) is 7.80. The van der Waals surface area contributed by atoms with Gasteiger partial charge in [0.1, 0.15) is 6.61 Å². The third-order valence-electron chi connectivity index (χ3n) is 12.0. The molecular weight excluding hydrogens is 789 g/mol. The molecule has 0 heterocycles. The van der Waals surface area contributed by atoms with E-state index in [-0.39, 0.29) is 25.2 Å². The summed E-state index contributed by atoms with van der Waals surface area (Å²) in [5.74, 6) is -0.414. The van der Waals surface area contributed by atoms with E-state index in [9.17, 15) is 9.59 Å². The molecule has 0 saturated heterocycles. The summed E-state index contributed by atoms with van der Waals surface area (Å²) in [6.45, 7) is 7.76. The minimum atomic E-state index is -0.550. The van der Waals surface area contributed by atoms with Crippen LogP contribution in [0.4, 0.5) is 0 Å². The highest BCUT2D eigenvalue weighted by Gasteiger charge is 2.17. The molecule has 0 spiro atoms. The number of carbonyl (C=O) groups excluding carboxylic acids is 2. The van der Waals surface area contributed by atoms with Crippen molar-refractivity contribution in [2.75, 3.05) is 19.8 Å². The molecule has 64 heavy (non-hydrogen) atoms. The molecule has 0 fully saturated rings. The molecule has 1 atom stereocenters. The van der Waals surface area contributed by atoms with Gasteiger partial charge in [-0.15, -0.1) is 0 Å². The number of hydrogen-bond donors (Lipinski definition) is 0. The molecule has 5 heteroatoms. The van der Waals surface area contributed by atoms with Gasteiger partial charge in [-0.25, -0.2) is 0 Å². The molecular formula is C59H106O5. The van der Waals surface area contributed by atoms with Crippen LogP contribution in [-0.2, 0) is 23.8 Å². The minimum Gasteiger partial charge on any atom is -0.462 e. The fraction of sp³-hybridized carbons (Fsp3) is 0.797. The van der Waals surface area contributed by atoms with E-state index in [1.807, 2.05) is 0 Å². The third-order valence-corrected chi connectivity index (χ3v) is 12.0. The number of rotatable bonds is 51. The lowest BCUT2D eigenvalue weighted by molar-refractivity contribution is -0.163. The highest BCUT2D eigenvalue weighted by atomic mass is 16.6. The second-order valence-electron chi connectivity index (χ2n) is 18.5. The number of hydrogen-bond acceptors (Lipinski definition) is 5. The fourth-order valence-corrected chi connectivity index (χ4v) is 7.80. The molecule has 1 unspecified atom stereocenters. The van der Waals surface area contributed by atoms with Crippen molar-refractivity contribution in [2.24, 2.45) is 0 Å². The van der Waals surface area contributed by atoms with Gasteiger partial charge in [0.25, 0.3) is 0 Å². The molecule has 0 amide bonds. The van der Waals surface area contributed by atoms with Gasteiger partial charge in [0, 0.05) is 19.4 Å². The van der Waals surface area contributed by atoms with Gasteiger partial charge in [0.15, 0.2) is 6.10 Å². The molecule has 0 N–H and O–H groups in total.